The van der Waals surface area contributed by atoms with Crippen LogP contribution in [0.25, 0.3) is 0 Å². The molecule has 1 aliphatic heterocycles. The highest BCUT2D eigenvalue weighted by molar-refractivity contribution is 5.94. The van der Waals surface area contributed by atoms with Crippen LogP contribution in [0.15, 0.2) is 72.9 Å². The second kappa shape index (κ2) is 7.91. The van der Waals surface area contributed by atoms with Crippen LogP contribution in [0.2, 0.25) is 0 Å². The third-order valence-corrected chi connectivity index (χ3v) is 4.48. The first-order chi connectivity index (χ1) is 13.3. The summed E-state index contributed by atoms with van der Waals surface area (Å²) in [7, 11) is 0. The van der Waals surface area contributed by atoms with Gasteiger partial charge in [0.2, 0.25) is 6.79 Å². The Morgan fingerprint density at radius 1 is 0.963 bits per heavy atom. The monoisotopic (exact) mass is 360 g/mol. The van der Waals surface area contributed by atoms with E-state index in [9.17, 15) is 4.79 Å². The zero-order chi connectivity index (χ0) is 18.5. The van der Waals surface area contributed by atoms with Crippen LogP contribution < -0.4 is 9.47 Å². The summed E-state index contributed by atoms with van der Waals surface area (Å²) in [6.07, 6.45) is 2.47. The lowest BCUT2D eigenvalue weighted by molar-refractivity contribution is 0.0744. The van der Waals surface area contributed by atoms with Gasteiger partial charge < -0.3 is 14.4 Å². The van der Waals surface area contributed by atoms with Gasteiger partial charge in [0, 0.05) is 37.0 Å². The van der Waals surface area contributed by atoms with Crippen molar-refractivity contribution in [2.75, 3.05) is 13.3 Å². The Morgan fingerprint density at radius 3 is 2.59 bits per heavy atom. The molecule has 1 amide bonds. The second-order valence-electron chi connectivity index (χ2n) is 6.35. The Morgan fingerprint density at radius 2 is 1.78 bits per heavy atom. The van der Waals surface area contributed by atoms with E-state index < -0.39 is 0 Å². The molecule has 5 nitrogen and oxygen atoms in total. The standard InChI is InChI=1S/C22H20N2O3/c25-22(18-6-2-1-3-7-18)24(13-11-19-8-4-5-12-23-19)15-17-9-10-20-21(14-17)27-16-26-20/h1-10,12,14H,11,13,15-16H2. The molecular formula is C22H20N2O3. The smallest absolute Gasteiger partial charge is 0.254 e. The molecule has 0 N–H and O–H groups in total. The molecule has 0 saturated carbocycles. The molecule has 0 radical (unpaired) electrons. The van der Waals surface area contributed by atoms with E-state index in [2.05, 4.69) is 4.98 Å². The molecule has 136 valence electrons. The van der Waals surface area contributed by atoms with Gasteiger partial charge in [0.25, 0.3) is 5.91 Å². The third-order valence-electron chi connectivity index (χ3n) is 4.48. The van der Waals surface area contributed by atoms with Crippen LogP contribution in [0, 0.1) is 0 Å². The number of rotatable bonds is 6. The fourth-order valence-electron chi connectivity index (χ4n) is 3.07. The molecule has 4 rings (SSSR count). The molecular weight excluding hydrogens is 340 g/mol. The maximum absolute atomic E-state index is 13.1. The van der Waals surface area contributed by atoms with Crippen LogP contribution in [-0.2, 0) is 13.0 Å². The minimum Gasteiger partial charge on any atom is -0.454 e. The van der Waals surface area contributed by atoms with Crippen LogP contribution in [0.1, 0.15) is 21.6 Å². The molecule has 0 spiro atoms. The topological polar surface area (TPSA) is 51.7 Å². The summed E-state index contributed by atoms with van der Waals surface area (Å²) in [5.74, 6) is 1.47. The van der Waals surface area contributed by atoms with Crippen molar-refractivity contribution >= 4 is 5.91 Å². The Balaban J connectivity index is 1.54. The van der Waals surface area contributed by atoms with Crippen LogP contribution in [0.5, 0.6) is 11.5 Å². The number of benzene rings is 2. The number of pyridine rings is 1. The van der Waals surface area contributed by atoms with Gasteiger partial charge in [-0.05, 0) is 42.0 Å². The van der Waals surface area contributed by atoms with Gasteiger partial charge in [-0.2, -0.15) is 0 Å². The molecule has 0 saturated heterocycles. The normalized spacial score (nSPS) is 12.0. The molecule has 0 atom stereocenters. The van der Waals surface area contributed by atoms with Crippen molar-refractivity contribution in [1.29, 1.82) is 0 Å². The maximum atomic E-state index is 13.1. The minimum absolute atomic E-state index is 0.00389. The largest absolute Gasteiger partial charge is 0.454 e. The van der Waals surface area contributed by atoms with Crippen LogP contribution in [0.4, 0.5) is 0 Å². The highest BCUT2D eigenvalue weighted by Gasteiger charge is 2.19. The van der Waals surface area contributed by atoms with Gasteiger partial charge in [-0.25, -0.2) is 0 Å². The van der Waals surface area contributed by atoms with Crippen molar-refractivity contribution in [2.45, 2.75) is 13.0 Å². The number of amides is 1. The van der Waals surface area contributed by atoms with Crippen molar-refractivity contribution in [3.05, 3.63) is 89.7 Å². The summed E-state index contributed by atoms with van der Waals surface area (Å²) >= 11 is 0. The number of ether oxygens (including phenoxy) is 2. The molecule has 0 aliphatic carbocycles. The molecule has 27 heavy (non-hydrogen) atoms. The summed E-state index contributed by atoms with van der Waals surface area (Å²) < 4.78 is 10.8. The van der Waals surface area contributed by atoms with E-state index in [1.54, 1.807) is 6.20 Å². The van der Waals surface area contributed by atoms with E-state index in [0.717, 1.165) is 22.8 Å². The Bertz CT molecular complexity index is 913. The Hall–Kier alpha value is -3.34. The van der Waals surface area contributed by atoms with E-state index in [1.165, 1.54) is 0 Å². The molecule has 3 aromatic rings. The number of nitrogens with zero attached hydrogens (tertiary/aromatic N) is 2. The van der Waals surface area contributed by atoms with Crippen LogP contribution in [-0.4, -0.2) is 29.1 Å². The first-order valence-electron chi connectivity index (χ1n) is 8.92. The van der Waals surface area contributed by atoms with Crippen molar-refractivity contribution in [3.8, 4) is 11.5 Å². The lowest BCUT2D eigenvalue weighted by Gasteiger charge is -2.23. The van der Waals surface area contributed by atoms with Gasteiger partial charge in [-0.3, -0.25) is 9.78 Å². The lowest BCUT2D eigenvalue weighted by atomic mass is 10.1. The third kappa shape index (κ3) is 4.08. The quantitative estimate of drug-likeness (QED) is 0.673. The molecule has 1 aromatic heterocycles. The maximum Gasteiger partial charge on any atom is 0.254 e. The first kappa shape index (κ1) is 17.1. The molecule has 1 aliphatic rings. The SMILES string of the molecule is O=C(c1ccccc1)N(CCc1ccccn1)Cc1ccc2c(c1)OCO2. The van der Waals surface area contributed by atoms with Crippen LogP contribution >= 0.6 is 0 Å². The average Bonchev–Trinajstić information content (AvgIpc) is 3.20. The van der Waals surface area contributed by atoms with Crippen molar-refractivity contribution in [2.24, 2.45) is 0 Å². The van der Waals surface area contributed by atoms with Crippen LogP contribution in [0.3, 0.4) is 0 Å². The minimum atomic E-state index is 0.00389. The van der Waals surface area contributed by atoms with E-state index >= 15 is 0 Å². The van der Waals surface area contributed by atoms with Gasteiger partial charge in [0.15, 0.2) is 11.5 Å². The van der Waals surface area contributed by atoms with Crippen molar-refractivity contribution in [1.82, 2.24) is 9.88 Å². The fraction of sp³-hybridized carbons (Fsp3) is 0.182. The van der Waals surface area contributed by atoms with E-state index in [0.29, 0.717) is 25.1 Å². The van der Waals surface area contributed by atoms with Gasteiger partial charge in [-0.1, -0.05) is 30.3 Å². The summed E-state index contributed by atoms with van der Waals surface area (Å²) in [4.78, 5) is 19.3. The summed E-state index contributed by atoms with van der Waals surface area (Å²) in [5, 5.41) is 0. The molecule has 0 bridgehead atoms. The summed E-state index contributed by atoms with van der Waals surface area (Å²) in [6, 6.07) is 21.0. The number of carbonyl (C=O) groups excluding carboxylic acids is 1. The second-order valence-corrected chi connectivity index (χ2v) is 6.35. The van der Waals surface area contributed by atoms with E-state index in [4.69, 9.17) is 9.47 Å². The predicted molar refractivity (Wildman–Crippen MR) is 102 cm³/mol. The fourth-order valence-corrected chi connectivity index (χ4v) is 3.07. The lowest BCUT2D eigenvalue weighted by Crippen LogP contribution is -2.32. The van der Waals surface area contributed by atoms with E-state index in [1.807, 2.05) is 71.6 Å². The number of fused-ring (bicyclic) bond motifs is 1. The molecule has 2 heterocycles. The van der Waals surface area contributed by atoms with Gasteiger partial charge in [-0.15, -0.1) is 0 Å². The van der Waals surface area contributed by atoms with Gasteiger partial charge in [0.05, 0.1) is 0 Å². The number of carbonyl (C=O) groups is 1. The van der Waals surface area contributed by atoms with Gasteiger partial charge >= 0.3 is 0 Å². The van der Waals surface area contributed by atoms with E-state index in [-0.39, 0.29) is 12.7 Å². The molecule has 5 heteroatoms. The average molecular weight is 360 g/mol. The highest BCUT2D eigenvalue weighted by Crippen LogP contribution is 2.32. The molecule has 0 fully saturated rings. The number of aromatic nitrogens is 1. The summed E-state index contributed by atoms with van der Waals surface area (Å²) in [6.45, 7) is 1.32. The summed E-state index contributed by atoms with van der Waals surface area (Å²) in [5.41, 5.74) is 2.65. The number of hydrogen-bond acceptors (Lipinski definition) is 4. The van der Waals surface area contributed by atoms with Crippen molar-refractivity contribution in [3.63, 3.8) is 0 Å². The zero-order valence-corrected chi connectivity index (χ0v) is 14.9. The Labute approximate surface area is 158 Å². The molecule has 2 aromatic carbocycles. The van der Waals surface area contributed by atoms with Gasteiger partial charge in [0.1, 0.15) is 0 Å². The molecule has 0 unspecified atom stereocenters. The predicted octanol–water partition coefficient (Wildman–Crippen LogP) is 3.70. The Kier molecular flexibility index (Phi) is 5.01. The first-order valence-corrected chi connectivity index (χ1v) is 8.92. The highest BCUT2D eigenvalue weighted by atomic mass is 16.7. The zero-order valence-electron chi connectivity index (χ0n) is 14.9. The van der Waals surface area contributed by atoms with Crippen molar-refractivity contribution < 1.29 is 14.3 Å². The number of hydrogen-bond donors (Lipinski definition) is 0.